The highest BCUT2D eigenvalue weighted by molar-refractivity contribution is 9.15. The Morgan fingerprint density at radius 2 is 1.76 bits per heavy atom. The zero-order valence-corrected chi connectivity index (χ0v) is 13.9. The second kappa shape index (κ2) is 6.49. The predicted octanol–water partition coefficient (Wildman–Crippen LogP) is 3.05. The number of hydrogen-bond donors (Lipinski definition) is 0. The monoisotopic (exact) mass is 356 g/mol. The number of Topliss-reactive ketones (excluding diaryl/α,β-unsaturated/α-hetero) is 1. The lowest BCUT2D eigenvalue weighted by Gasteiger charge is -2.18. The van der Waals surface area contributed by atoms with Crippen LogP contribution in [0.1, 0.15) is 22.3 Å². The molecule has 114 valence electrons. The number of carbonyl (C=O) groups excluding carboxylic acids is 1. The van der Waals surface area contributed by atoms with Crippen LogP contribution in [0.4, 0.5) is 0 Å². The minimum atomic E-state index is -0.291. The Balaban J connectivity index is 2.76. The number of carbonyl (C=O) groups is 1. The molecule has 1 aliphatic rings. The quantitative estimate of drug-likeness (QED) is 0.829. The van der Waals surface area contributed by atoms with Gasteiger partial charge in [0.15, 0.2) is 17.3 Å². The van der Waals surface area contributed by atoms with E-state index >= 15 is 0 Å². The smallest absolute Gasteiger partial charge is 0.203 e. The molecule has 1 aromatic rings. The summed E-state index contributed by atoms with van der Waals surface area (Å²) in [6.07, 6.45) is 1.82. The molecule has 1 unspecified atom stereocenters. The molecule has 2 rings (SSSR count). The third-order valence-corrected chi connectivity index (χ3v) is 4.05. The second-order valence-electron chi connectivity index (χ2n) is 4.48. The van der Waals surface area contributed by atoms with Crippen LogP contribution in [0.5, 0.6) is 17.2 Å². The molecule has 1 atom stereocenters. The van der Waals surface area contributed by atoms with E-state index in [4.69, 9.17) is 18.9 Å². The third kappa shape index (κ3) is 2.78. The molecule has 0 amide bonds. The molecule has 5 nitrogen and oxygen atoms in total. The Labute approximate surface area is 132 Å². The molecule has 6 heteroatoms. The van der Waals surface area contributed by atoms with Crippen molar-refractivity contribution in [2.75, 3.05) is 28.4 Å². The molecule has 0 aromatic heterocycles. The molecular weight excluding hydrogens is 340 g/mol. The fourth-order valence-electron chi connectivity index (χ4n) is 2.36. The first kappa shape index (κ1) is 15.9. The van der Waals surface area contributed by atoms with Crippen molar-refractivity contribution in [3.8, 4) is 17.2 Å². The lowest BCUT2D eigenvalue weighted by Crippen LogP contribution is -2.12. The fraction of sp³-hybridized carbons (Fsp3) is 0.400. The summed E-state index contributed by atoms with van der Waals surface area (Å²) < 4.78 is 22.1. The molecule has 0 saturated carbocycles. The number of ketones is 1. The minimum Gasteiger partial charge on any atom is -0.493 e. The van der Waals surface area contributed by atoms with Crippen LogP contribution in [0.3, 0.4) is 0 Å². The molecular formula is C15H17BrO5. The number of methoxy groups -OCH3 is 4. The summed E-state index contributed by atoms with van der Waals surface area (Å²) in [6.45, 7) is 0. The van der Waals surface area contributed by atoms with Crippen molar-refractivity contribution in [1.82, 2.24) is 0 Å². The van der Waals surface area contributed by atoms with E-state index in [0.29, 0.717) is 28.4 Å². The van der Waals surface area contributed by atoms with Crippen molar-refractivity contribution in [3.63, 3.8) is 0 Å². The van der Waals surface area contributed by atoms with E-state index in [1.165, 1.54) is 21.3 Å². The maximum Gasteiger partial charge on any atom is 0.203 e. The fourth-order valence-corrected chi connectivity index (χ4v) is 3.05. The van der Waals surface area contributed by atoms with E-state index in [-0.39, 0.29) is 18.3 Å². The van der Waals surface area contributed by atoms with Crippen molar-refractivity contribution in [2.24, 2.45) is 0 Å². The maximum atomic E-state index is 12.5. The van der Waals surface area contributed by atoms with Crippen LogP contribution in [0.2, 0.25) is 0 Å². The van der Waals surface area contributed by atoms with Gasteiger partial charge in [0, 0.05) is 29.1 Å². The summed E-state index contributed by atoms with van der Waals surface area (Å²) in [5.41, 5.74) is 1.17. The van der Waals surface area contributed by atoms with Gasteiger partial charge in [0.25, 0.3) is 0 Å². The van der Waals surface area contributed by atoms with E-state index in [1.807, 2.05) is 6.08 Å². The van der Waals surface area contributed by atoms with Gasteiger partial charge >= 0.3 is 0 Å². The van der Waals surface area contributed by atoms with Gasteiger partial charge in [-0.05, 0) is 12.1 Å². The zero-order chi connectivity index (χ0) is 15.6. The summed E-state index contributed by atoms with van der Waals surface area (Å²) in [4.78, 5) is 12.5. The number of rotatable bonds is 4. The van der Waals surface area contributed by atoms with Crippen LogP contribution < -0.4 is 14.2 Å². The Bertz CT molecular complexity index is 594. The van der Waals surface area contributed by atoms with Crippen LogP contribution >= 0.6 is 15.9 Å². The average Bonchev–Trinajstić information content (AvgIpc) is 2.62. The first-order valence-corrected chi connectivity index (χ1v) is 7.13. The molecule has 1 aliphatic carbocycles. The molecule has 1 aromatic carbocycles. The Kier molecular flexibility index (Phi) is 4.90. The lowest BCUT2D eigenvalue weighted by molar-refractivity contribution is 0.0856. The van der Waals surface area contributed by atoms with Crippen molar-refractivity contribution in [2.45, 2.75) is 12.5 Å². The highest BCUT2D eigenvalue weighted by Gasteiger charge is 2.29. The van der Waals surface area contributed by atoms with Gasteiger partial charge in [-0.25, -0.2) is 0 Å². The first-order valence-electron chi connectivity index (χ1n) is 6.34. The summed E-state index contributed by atoms with van der Waals surface area (Å²) in [6, 6.07) is 1.67. The molecule has 0 N–H and O–H groups in total. The van der Waals surface area contributed by atoms with Crippen LogP contribution in [0.15, 0.2) is 12.1 Å². The van der Waals surface area contributed by atoms with E-state index < -0.39 is 0 Å². The normalized spacial score (nSPS) is 17.7. The van der Waals surface area contributed by atoms with Gasteiger partial charge in [0.2, 0.25) is 5.75 Å². The SMILES string of the molecule is COc1cc2c(c(OC)c1OC)C(Br)=CC(OC)CC2=O. The van der Waals surface area contributed by atoms with Gasteiger partial charge < -0.3 is 18.9 Å². The Morgan fingerprint density at radius 1 is 1.10 bits per heavy atom. The molecule has 0 aliphatic heterocycles. The van der Waals surface area contributed by atoms with Crippen LogP contribution in [-0.4, -0.2) is 40.3 Å². The average molecular weight is 357 g/mol. The summed E-state index contributed by atoms with van der Waals surface area (Å²) in [7, 11) is 6.15. The minimum absolute atomic E-state index is 0.0400. The van der Waals surface area contributed by atoms with Gasteiger partial charge in [-0.2, -0.15) is 0 Å². The van der Waals surface area contributed by atoms with Gasteiger partial charge in [-0.1, -0.05) is 15.9 Å². The van der Waals surface area contributed by atoms with Gasteiger partial charge in [0.05, 0.1) is 27.4 Å². The molecule has 0 heterocycles. The highest BCUT2D eigenvalue weighted by Crippen LogP contribution is 2.47. The zero-order valence-electron chi connectivity index (χ0n) is 12.4. The predicted molar refractivity (Wildman–Crippen MR) is 82.7 cm³/mol. The van der Waals surface area contributed by atoms with Crippen molar-refractivity contribution in [3.05, 3.63) is 23.3 Å². The summed E-state index contributed by atoms with van der Waals surface area (Å²) in [5, 5.41) is 0. The number of ether oxygens (including phenoxy) is 4. The van der Waals surface area contributed by atoms with Crippen LogP contribution in [0.25, 0.3) is 4.48 Å². The standard InChI is InChI=1S/C15H17BrO5/c1-18-8-5-10(16)13-9(11(17)6-8)7-12(19-2)14(20-3)15(13)21-4/h5,7-8H,6H2,1-4H3. The summed E-state index contributed by atoms with van der Waals surface area (Å²) >= 11 is 3.50. The largest absolute Gasteiger partial charge is 0.493 e. The lowest BCUT2D eigenvalue weighted by atomic mass is 10.0. The first-order chi connectivity index (χ1) is 10.1. The van der Waals surface area contributed by atoms with E-state index in [9.17, 15) is 4.79 Å². The number of hydrogen-bond acceptors (Lipinski definition) is 5. The maximum absolute atomic E-state index is 12.5. The van der Waals surface area contributed by atoms with Gasteiger partial charge in [-0.15, -0.1) is 0 Å². The molecule has 0 radical (unpaired) electrons. The van der Waals surface area contributed by atoms with Crippen LogP contribution in [-0.2, 0) is 4.74 Å². The topological polar surface area (TPSA) is 54.0 Å². The molecule has 21 heavy (non-hydrogen) atoms. The molecule has 0 bridgehead atoms. The number of halogens is 1. The van der Waals surface area contributed by atoms with E-state index in [0.717, 1.165) is 4.48 Å². The van der Waals surface area contributed by atoms with Crippen molar-refractivity contribution < 1.29 is 23.7 Å². The summed E-state index contributed by atoms with van der Waals surface area (Å²) in [5.74, 6) is 1.33. The van der Waals surface area contributed by atoms with Crippen molar-refractivity contribution >= 4 is 26.2 Å². The molecule has 0 spiro atoms. The van der Waals surface area contributed by atoms with Crippen LogP contribution in [0, 0.1) is 0 Å². The van der Waals surface area contributed by atoms with Gasteiger partial charge in [0.1, 0.15) is 0 Å². The van der Waals surface area contributed by atoms with E-state index in [1.54, 1.807) is 13.2 Å². The highest BCUT2D eigenvalue weighted by atomic mass is 79.9. The molecule has 0 fully saturated rings. The van der Waals surface area contributed by atoms with E-state index in [2.05, 4.69) is 15.9 Å². The van der Waals surface area contributed by atoms with Crippen molar-refractivity contribution in [1.29, 1.82) is 0 Å². The van der Waals surface area contributed by atoms with Gasteiger partial charge in [-0.3, -0.25) is 4.79 Å². The Hall–Kier alpha value is -1.53. The Morgan fingerprint density at radius 3 is 2.29 bits per heavy atom. The third-order valence-electron chi connectivity index (χ3n) is 3.39. The number of benzene rings is 1. The molecule has 0 saturated heterocycles. The second-order valence-corrected chi connectivity index (χ2v) is 5.34. The number of fused-ring (bicyclic) bond motifs is 1.